The molecule has 2 rings (SSSR count). The highest BCUT2D eigenvalue weighted by molar-refractivity contribution is 5.98. The maximum Gasteiger partial charge on any atom is 0.258 e. The van der Waals surface area contributed by atoms with Gasteiger partial charge in [-0.25, -0.2) is 0 Å². The summed E-state index contributed by atoms with van der Waals surface area (Å²) < 4.78 is 10.7. The van der Waals surface area contributed by atoms with E-state index in [9.17, 15) is 4.79 Å². The molecule has 0 fully saturated rings. The third-order valence-electron chi connectivity index (χ3n) is 3.95. The average Bonchev–Trinajstić information content (AvgIpc) is 2.64. The molecule has 0 N–H and O–H groups in total. The van der Waals surface area contributed by atoms with E-state index in [1.165, 1.54) is 7.11 Å². The lowest BCUT2D eigenvalue weighted by Gasteiger charge is -2.28. The van der Waals surface area contributed by atoms with Crippen LogP contribution in [0, 0.1) is 11.3 Å². The number of rotatable bonds is 6. The summed E-state index contributed by atoms with van der Waals surface area (Å²) >= 11 is 0. The summed E-state index contributed by atoms with van der Waals surface area (Å²) in [6, 6.07) is 14.6. The topological polar surface area (TPSA) is 62.6 Å². The molecule has 0 aliphatic heterocycles. The zero-order valence-corrected chi connectivity index (χ0v) is 14.9. The van der Waals surface area contributed by atoms with E-state index in [0.29, 0.717) is 29.2 Å². The number of hydrogen-bond acceptors (Lipinski definition) is 4. The monoisotopic (exact) mass is 338 g/mol. The van der Waals surface area contributed by atoms with Gasteiger partial charge in [-0.3, -0.25) is 4.79 Å². The fourth-order valence-electron chi connectivity index (χ4n) is 2.58. The molecular formula is C20H22N2O3. The SMILES string of the molecule is COc1cccc(C(=O)N(Cc2ccc(C#N)cc2)C(C)C)c1OC. The molecule has 0 aliphatic rings. The van der Waals surface area contributed by atoms with Gasteiger partial charge in [-0.05, 0) is 43.7 Å². The van der Waals surface area contributed by atoms with Crippen molar-refractivity contribution < 1.29 is 14.3 Å². The smallest absolute Gasteiger partial charge is 0.258 e. The van der Waals surface area contributed by atoms with Crippen LogP contribution in [0.4, 0.5) is 0 Å². The Morgan fingerprint density at radius 1 is 1.12 bits per heavy atom. The van der Waals surface area contributed by atoms with Crippen LogP contribution in [0.15, 0.2) is 42.5 Å². The molecule has 2 aromatic rings. The second kappa shape index (κ2) is 8.20. The standard InChI is InChI=1S/C20H22N2O3/c1-14(2)22(13-16-10-8-15(12-21)9-11-16)20(23)17-6-5-7-18(24-3)19(17)25-4/h5-11,14H,13H2,1-4H3. The molecule has 2 aromatic carbocycles. The van der Waals surface area contributed by atoms with Gasteiger partial charge in [0.05, 0.1) is 31.4 Å². The lowest BCUT2D eigenvalue weighted by Crippen LogP contribution is -2.36. The average molecular weight is 338 g/mol. The molecule has 0 atom stereocenters. The van der Waals surface area contributed by atoms with Crippen LogP contribution in [0.1, 0.15) is 35.3 Å². The van der Waals surface area contributed by atoms with Crippen molar-refractivity contribution in [3.63, 3.8) is 0 Å². The van der Waals surface area contributed by atoms with E-state index < -0.39 is 0 Å². The molecule has 0 radical (unpaired) electrons. The van der Waals surface area contributed by atoms with Gasteiger partial charge in [-0.1, -0.05) is 18.2 Å². The Hall–Kier alpha value is -3.00. The minimum Gasteiger partial charge on any atom is -0.493 e. The van der Waals surface area contributed by atoms with E-state index in [0.717, 1.165) is 5.56 Å². The van der Waals surface area contributed by atoms with Crippen molar-refractivity contribution in [1.82, 2.24) is 4.90 Å². The van der Waals surface area contributed by atoms with Crippen LogP contribution in [-0.2, 0) is 6.54 Å². The fraction of sp³-hybridized carbons (Fsp3) is 0.300. The molecule has 0 saturated heterocycles. The van der Waals surface area contributed by atoms with Crippen LogP contribution >= 0.6 is 0 Å². The maximum atomic E-state index is 13.1. The summed E-state index contributed by atoms with van der Waals surface area (Å²) in [5.74, 6) is 0.825. The zero-order chi connectivity index (χ0) is 18.4. The Kier molecular flexibility index (Phi) is 6.02. The predicted octanol–water partition coefficient (Wildman–Crippen LogP) is 3.63. The van der Waals surface area contributed by atoms with Crippen molar-refractivity contribution in [3.05, 3.63) is 59.2 Å². The summed E-state index contributed by atoms with van der Waals surface area (Å²) in [4.78, 5) is 14.9. The van der Waals surface area contributed by atoms with Gasteiger partial charge < -0.3 is 14.4 Å². The van der Waals surface area contributed by atoms with Gasteiger partial charge in [0, 0.05) is 12.6 Å². The number of nitriles is 1. The minimum absolute atomic E-state index is 0.000879. The van der Waals surface area contributed by atoms with E-state index in [4.69, 9.17) is 14.7 Å². The Balaban J connectivity index is 2.34. The van der Waals surface area contributed by atoms with Crippen LogP contribution in [0.3, 0.4) is 0 Å². The van der Waals surface area contributed by atoms with Crippen LogP contribution < -0.4 is 9.47 Å². The summed E-state index contributed by atoms with van der Waals surface area (Å²) in [5, 5.41) is 8.90. The highest BCUT2D eigenvalue weighted by Gasteiger charge is 2.24. The van der Waals surface area contributed by atoms with Crippen LogP contribution in [0.2, 0.25) is 0 Å². The Labute approximate surface area is 148 Å². The zero-order valence-electron chi connectivity index (χ0n) is 14.9. The number of carbonyl (C=O) groups is 1. The van der Waals surface area contributed by atoms with Gasteiger partial charge >= 0.3 is 0 Å². The van der Waals surface area contributed by atoms with E-state index in [-0.39, 0.29) is 11.9 Å². The molecule has 0 spiro atoms. The summed E-state index contributed by atoms with van der Waals surface area (Å²) in [6.45, 7) is 4.38. The number of carbonyl (C=O) groups excluding carboxylic acids is 1. The molecule has 0 aromatic heterocycles. The second-order valence-corrected chi connectivity index (χ2v) is 5.88. The molecule has 0 aliphatic carbocycles. The number of nitrogens with zero attached hydrogens (tertiary/aromatic N) is 2. The van der Waals surface area contributed by atoms with E-state index in [1.54, 1.807) is 42.3 Å². The number of ether oxygens (including phenoxy) is 2. The lowest BCUT2D eigenvalue weighted by molar-refractivity contribution is 0.0686. The van der Waals surface area contributed by atoms with Crippen molar-refractivity contribution in [2.75, 3.05) is 14.2 Å². The molecule has 0 heterocycles. The maximum absolute atomic E-state index is 13.1. The van der Waals surface area contributed by atoms with Gasteiger partial charge in [0.25, 0.3) is 5.91 Å². The number of methoxy groups -OCH3 is 2. The highest BCUT2D eigenvalue weighted by atomic mass is 16.5. The summed E-state index contributed by atoms with van der Waals surface area (Å²) in [7, 11) is 3.07. The normalized spacial score (nSPS) is 10.2. The van der Waals surface area contributed by atoms with E-state index in [1.807, 2.05) is 26.0 Å². The predicted molar refractivity (Wildman–Crippen MR) is 95.7 cm³/mol. The van der Waals surface area contributed by atoms with Gasteiger partial charge in [0.1, 0.15) is 0 Å². The van der Waals surface area contributed by atoms with Crippen LogP contribution in [-0.4, -0.2) is 31.1 Å². The molecule has 0 saturated carbocycles. The number of hydrogen-bond donors (Lipinski definition) is 0. The first-order valence-electron chi connectivity index (χ1n) is 8.02. The quantitative estimate of drug-likeness (QED) is 0.807. The highest BCUT2D eigenvalue weighted by Crippen LogP contribution is 2.32. The number of para-hydroxylation sites is 1. The fourth-order valence-corrected chi connectivity index (χ4v) is 2.58. The van der Waals surface area contributed by atoms with Crippen LogP contribution in [0.5, 0.6) is 11.5 Å². The second-order valence-electron chi connectivity index (χ2n) is 5.88. The third kappa shape index (κ3) is 4.10. The molecule has 0 unspecified atom stereocenters. The van der Waals surface area contributed by atoms with Crippen molar-refractivity contribution in [3.8, 4) is 17.6 Å². The first-order valence-corrected chi connectivity index (χ1v) is 8.02. The van der Waals surface area contributed by atoms with Crippen molar-refractivity contribution >= 4 is 5.91 Å². The number of amides is 1. The minimum atomic E-state index is -0.130. The third-order valence-corrected chi connectivity index (χ3v) is 3.95. The van der Waals surface area contributed by atoms with E-state index in [2.05, 4.69) is 6.07 Å². The van der Waals surface area contributed by atoms with Gasteiger partial charge in [0.15, 0.2) is 11.5 Å². The van der Waals surface area contributed by atoms with Crippen molar-refractivity contribution in [2.24, 2.45) is 0 Å². The lowest BCUT2D eigenvalue weighted by atomic mass is 10.1. The molecule has 130 valence electrons. The molecule has 5 heteroatoms. The van der Waals surface area contributed by atoms with Crippen molar-refractivity contribution in [2.45, 2.75) is 26.4 Å². The van der Waals surface area contributed by atoms with Crippen LogP contribution in [0.25, 0.3) is 0 Å². The van der Waals surface area contributed by atoms with Gasteiger partial charge in [0.2, 0.25) is 0 Å². The molecule has 5 nitrogen and oxygen atoms in total. The Morgan fingerprint density at radius 3 is 2.32 bits per heavy atom. The largest absolute Gasteiger partial charge is 0.493 e. The molecule has 25 heavy (non-hydrogen) atoms. The van der Waals surface area contributed by atoms with Crippen molar-refractivity contribution in [1.29, 1.82) is 5.26 Å². The van der Waals surface area contributed by atoms with E-state index >= 15 is 0 Å². The Bertz CT molecular complexity index is 777. The number of benzene rings is 2. The summed E-state index contributed by atoms with van der Waals surface area (Å²) in [6.07, 6.45) is 0. The molecular weight excluding hydrogens is 316 g/mol. The molecule has 1 amide bonds. The van der Waals surface area contributed by atoms with Gasteiger partial charge in [-0.15, -0.1) is 0 Å². The van der Waals surface area contributed by atoms with Gasteiger partial charge in [-0.2, -0.15) is 5.26 Å². The molecule has 0 bridgehead atoms. The summed E-state index contributed by atoms with van der Waals surface area (Å²) in [5.41, 5.74) is 2.02. The first-order chi connectivity index (χ1) is 12.0. The Morgan fingerprint density at radius 2 is 1.80 bits per heavy atom. The first kappa shape index (κ1) is 18.3.